The van der Waals surface area contributed by atoms with Crippen LogP contribution in [0.2, 0.25) is 0 Å². The molecule has 0 spiro atoms. The zero-order valence-electron chi connectivity index (χ0n) is 10.6. The van der Waals surface area contributed by atoms with Crippen molar-refractivity contribution in [3.63, 3.8) is 0 Å². The summed E-state index contributed by atoms with van der Waals surface area (Å²) in [6, 6.07) is 8.35. The van der Waals surface area contributed by atoms with E-state index in [-0.39, 0.29) is 0 Å². The minimum atomic E-state index is 0.393. The number of halogens is 1. The maximum Gasteiger partial charge on any atom is 0.151 e. The maximum absolute atomic E-state index is 5.71. The molecule has 0 aliphatic heterocycles. The molecule has 1 heterocycles. The van der Waals surface area contributed by atoms with E-state index in [1.165, 1.54) is 5.56 Å². The van der Waals surface area contributed by atoms with Crippen molar-refractivity contribution in [1.82, 2.24) is 9.97 Å². The first-order valence-corrected chi connectivity index (χ1v) is 6.49. The fourth-order valence-electron chi connectivity index (χ4n) is 1.83. The third-order valence-electron chi connectivity index (χ3n) is 2.73. The lowest BCUT2D eigenvalue weighted by Gasteiger charge is -2.22. The van der Waals surface area contributed by atoms with Gasteiger partial charge in [0.25, 0.3) is 0 Å². The summed E-state index contributed by atoms with van der Waals surface area (Å²) in [5.41, 5.74) is 3.16. The van der Waals surface area contributed by atoms with Gasteiger partial charge in [0.2, 0.25) is 0 Å². The van der Waals surface area contributed by atoms with Gasteiger partial charge in [0.05, 0.1) is 24.0 Å². The van der Waals surface area contributed by atoms with Gasteiger partial charge in [-0.05, 0) is 31.5 Å². The van der Waals surface area contributed by atoms with Crippen LogP contribution in [0.1, 0.15) is 18.2 Å². The van der Waals surface area contributed by atoms with Gasteiger partial charge in [0.15, 0.2) is 5.82 Å². The smallest absolute Gasteiger partial charge is 0.151 e. The molecule has 18 heavy (non-hydrogen) atoms. The van der Waals surface area contributed by atoms with Crippen molar-refractivity contribution < 1.29 is 0 Å². The SMILES string of the molecule is CCN(c1cccc(C)c1)c1cnc(CCl)cn1. The summed E-state index contributed by atoms with van der Waals surface area (Å²) in [5, 5.41) is 0. The molecule has 4 heteroatoms. The first kappa shape index (κ1) is 12.8. The van der Waals surface area contributed by atoms with E-state index < -0.39 is 0 Å². The molecular weight excluding hydrogens is 246 g/mol. The second kappa shape index (κ2) is 5.83. The van der Waals surface area contributed by atoms with Crippen LogP contribution in [0.25, 0.3) is 0 Å². The molecule has 0 radical (unpaired) electrons. The third-order valence-corrected chi connectivity index (χ3v) is 3.01. The van der Waals surface area contributed by atoms with Crippen LogP contribution in [0.4, 0.5) is 11.5 Å². The lowest BCUT2D eigenvalue weighted by Crippen LogP contribution is -2.17. The van der Waals surface area contributed by atoms with Crippen molar-refractivity contribution in [2.75, 3.05) is 11.4 Å². The number of nitrogens with zero attached hydrogens (tertiary/aromatic N) is 3. The molecule has 3 nitrogen and oxygen atoms in total. The van der Waals surface area contributed by atoms with Crippen molar-refractivity contribution >= 4 is 23.1 Å². The predicted octanol–water partition coefficient (Wildman–Crippen LogP) is 3.68. The highest BCUT2D eigenvalue weighted by atomic mass is 35.5. The number of anilines is 2. The normalized spacial score (nSPS) is 10.4. The molecule has 0 atom stereocenters. The van der Waals surface area contributed by atoms with Crippen molar-refractivity contribution in [2.45, 2.75) is 19.7 Å². The highest BCUT2D eigenvalue weighted by molar-refractivity contribution is 6.16. The zero-order valence-corrected chi connectivity index (χ0v) is 11.4. The Labute approximate surface area is 112 Å². The van der Waals surface area contributed by atoms with Crippen LogP contribution >= 0.6 is 11.6 Å². The second-order valence-electron chi connectivity index (χ2n) is 4.08. The Kier molecular flexibility index (Phi) is 4.15. The highest BCUT2D eigenvalue weighted by Crippen LogP contribution is 2.23. The van der Waals surface area contributed by atoms with Crippen LogP contribution < -0.4 is 4.90 Å². The van der Waals surface area contributed by atoms with Gasteiger partial charge in [0.1, 0.15) is 0 Å². The predicted molar refractivity (Wildman–Crippen MR) is 75.4 cm³/mol. The van der Waals surface area contributed by atoms with Crippen LogP contribution in [0.15, 0.2) is 36.7 Å². The largest absolute Gasteiger partial charge is 0.325 e. The average Bonchev–Trinajstić information content (AvgIpc) is 2.40. The van der Waals surface area contributed by atoms with Gasteiger partial charge < -0.3 is 4.90 Å². The highest BCUT2D eigenvalue weighted by Gasteiger charge is 2.09. The fraction of sp³-hybridized carbons (Fsp3) is 0.286. The first-order valence-electron chi connectivity index (χ1n) is 5.95. The molecule has 94 valence electrons. The van der Waals surface area contributed by atoms with Crippen molar-refractivity contribution in [2.24, 2.45) is 0 Å². The second-order valence-corrected chi connectivity index (χ2v) is 4.35. The number of hydrogen-bond donors (Lipinski definition) is 0. The summed E-state index contributed by atoms with van der Waals surface area (Å²) in [6.07, 6.45) is 3.49. The summed E-state index contributed by atoms with van der Waals surface area (Å²) in [7, 11) is 0. The van der Waals surface area contributed by atoms with E-state index in [1.54, 1.807) is 12.4 Å². The van der Waals surface area contributed by atoms with E-state index in [0.717, 1.165) is 23.7 Å². The Hall–Kier alpha value is -1.61. The van der Waals surface area contributed by atoms with Gasteiger partial charge in [-0.25, -0.2) is 4.98 Å². The number of rotatable bonds is 4. The summed E-state index contributed by atoms with van der Waals surface area (Å²) >= 11 is 5.71. The summed E-state index contributed by atoms with van der Waals surface area (Å²) < 4.78 is 0. The first-order chi connectivity index (χ1) is 8.74. The van der Waals surface area contributed by atoms with Crippen molar-refractivity contribution in [1.29, 1.82) is 0 Å². The standard InChI is InChI=1S/C14H16ClN3/c1-3-18(13-6-4-5-11(2)7-13)14-10-16-12(8-15)9-17-14/h4-7,9-10H,3,8H2,1-2H3. The third kappa shape index (κ3) is 2.79. The molecule has 0 saturated carbocycles. The van der Waals surface area contributed by atoms with E-state index in [1.807, 2.05) is 6.07 Å². The molecule has 0 unspecified atom stereocenters. The summed E-state index contributed by atoms with van der Waals surface area (Å²) in [4.78, 5) is 10.8. The Morgan fingerprint density at radius 1 is 1.22 bits per heavy atom. The number of aryl methyl sites for hydroxylation is 1. The van der Waals surface area contributed by atoms with Gasteiger partial charge in [0, 0.05) is 12.2 Å². The van der Waals surface area contributed by atoms with Crippen molar-refractivity contribution in [3.05, 3.63) is 47.9 Å². The van der Waals surface area contributed by atoms with E-state index in [9.17, 15) is 0 Å². The molecule has 0 saturated heterocycles. The van der Waals surface area contributed by atoms with Crippen molar-refractivity contribution in [3.8, 4) is 0 Å². The van der Waals surface area contributed by atoms with Gasteiger partial charge in [-0.2, -0.15) is 0 Å². The lowest BCUT2D eigenvalue weighted by molar-refractivity contribution is 0.962. The molecule has 1 aromatic carbocycles. The Morgan fingerprint density at radius 2 is 2.06 bits per heavy atom. The molecular formula is C14H16ClN3. The molecule has 0 aliphatic carbocycles. The maximum atomic E-state index is 5.71. The zero-order chi connectivity index (χ0) is 13.0. The fourth-order valence-corrected chi connectivity index (χ4v) is 1.97. The number of aromatic nitrogens is 2. The summed E-state index contributed by atoms with van der Waals surface area (Å²) in [5.74, 6) is 1.24. The van der Waals surface area contributed by atoms with Gasteiger partial charge >= 0.3 is 0 Å². The van der Waals surface area contributed by atoms with Gasteiger partial charge in [-0.15, -0.1) is 11.6 Å². The topological polar surface area (TPSA) is 29.0 Å². The molecule has 0 bridgehead atoms. The Morgan fingerprint density at radius 3 is 2.61 bits per heavy atom. The number of benzene rings is 1. The van der Waals surface area contributed by atoms with Crippen LogP contribution in [0.3, 0.4) is 0 Å². The van der Waals surface area contributed by atoms with Crippen LogP contribution in [0, 0.1) is 6.92 Å². The molecule has 0 amide bonds. The van der Waals surface area contributed by atoms with Gasteiger partial charge in [-0.3, -0.25) is 4.98 Å². The number of alkyl halides is 1. The van der Waals surface area contributed by atoms with Gasteiger partial charge in [-0.1, -0.05) is 12.1 Å². The molecule has 1 aromatic heterocycles. The summed E-state index contributed by atoms with van der Waals surface area (Å²) in [6.45, 7) is 5.03. The van der Waals surface area contributed by atoms with E-state index in [4.69, 9.17) is 11.6 Å². The molecule has 0 N–H and O–H groups in total. The molecule has 0 fully saturated rings. The average molecular weight is 262 g/mol. The van der Waals surface area contributed by atoms with E-state index in [0.29, 0.717) is 5.88 Å². The molecule has 0 aliphatic rings. The quantitative estimate of drug-likeness (QED) is 0.786. The monoisotopic (exact) mass is 261 g/mol. The molecule has 2 rings (SSSR count). The molecule has 2 aromatic rings. The minimum Gasteiger partial charge on any atom is -0.325 e. The number of hydrogen-bond acceptors (Lipinski definition) is 3. The Balaban J connectivity index is 2.32. The Bertz CT molecular complexity index is 511. The van der Waals surface area contributed by atoms with E-state index in [2.05, 4.69) is 46.9 Å². The van der Waals surface area contributed by atoms with Crippen LogP contribution in [-0.2, 0) is 5.88 Å². The van der Waals surface area contributed by atoms with E-state index >= 15 is 0 Å². The van der Waals surface area contributed by atoms with Crippen LogP contribution in [-0.4, -0.2) is 16.5 Å². The minimum absolute atomic E-state index is 0.393. The van der Waals surface area contributed by atoms with Crippen LogP contribution in [0.5, 0.6) is 0 Å². The lowest BCUT2D eigenvalue weighted by atomic mass is 10.2.